The summed E-state index contributed by atoms with van der Waals surface area (Å²) in [6.45, 7) is 3.34. The molecular weight excluding hydrogens is 222 g/mol. The van der Waals surface area contributed by atoms with E-state index in [1.807, 2.05) is 0 Å². The third-order valence-corrected chi connectivity index (χ3v) is 4.71. The Labute approximate surface area is 110 Å². The summed E-state index contributed by atoms with van der Waals surface area (Å²) in [4.78, 5) is 2.53. The highest BCUT2D eigenvalue weighted by Crippen LogP contribution is 2.34. The maximum Gasteiger partial charge on any atom is 0.0585 e. The predicted molar refractivity (Wildman–Crippen MR) is 74.9 cm³/mol. The summed E-state index contributed by atoms with van der Waals surface area (Å²) in [5.74, 6) is 0.471. The largest absolute Gasteiger partial charge is 0.393 e. The summed E-state index contributed by atoms with van der Waals surface area (Å²) in [5, 5.41) is 10.0. The van der Waals surface area contributed by atoms with Crippen molar-refractivity contribution in [3.05, 3.63) is 29.8 Å². The fourth-order valence-corrected chi connectivity index (χ4v) is 3.52. The number of benzene rings is 1. The van der Waals surface area contributed by atoms with E-state index in [0.29, 0.717) is 12.0 Å². The first kappa shape index (κ1) is 12.0. The smallest absolute Gasteiger partial charge is 0.0585 e. The van der Waals surface area contributed by atoms with Gasteiger partial charge in [-0.05, 0) is 44.2 Å². The second-order valence-electron chi connectivity index (χ2n) is 5.93. The number of rotatable bonds is 2. The van der Waals surface area contributed by atoms with Crippen molar-refractivity contribution in [2.45, 2.75) is 51.2 Å². The van der Waals surface area contributed by atoms with E-state index in [1.54, 1.807) is 0 Å². The molecule has 3 rings (SSSR count). The van der Waals surface area contributed by atoms with Gasteiger partial charge in [0, 0.05) is 24.2 Å². The van der Waals surface area contributed by atoms with Crippen LogP contribution in [0.15, 0.2) is 24.3 Å². The van der Waals surface area contributed by atoms with Gasteiger partial charge in [-0.25, -0.2) is 0 Å². The molecule has 0 aromatic heterocycles. The van der Waals surface area contributed by atoms with E-state index in [-0.39, 0.29) is 6.10 Å². The van der Waals surface area contributed by atoms with E-state index in [9.17, 15) is 5.11 Å². The minimum Gasteiger partial charge on any atom is -0.393 e. The zero-order valence-corrected chi connectivity index (χ0v) is 11.2. The van der Waals surface area contributed by atoms with Crippen LogP contribution in [0.2, 0.25) is 0 Å². The van der Waals surface area contributed by atoms with Gasteiger partial charge in [0.25, 0.3) is 0 Å². The summed E-state index contributed by atoms with van der Waals surface area (Å²) in [6, 6.07) is 9.37. The van der Waals surface area contributed by atoms with Crippen LogP contribution < -0.4 is 4.90 Å². The van der Waals surface area contributed by atoms with Gasteiger partial charge in [-0.2, -0.15) is 0 Å². The third-order valence-electron chi connectivity index (χ3n) is 4.71. The molecule has 1 saturated carbocycles. The molecule has 3 atom stereocenters. The number of aliphatic hydroxyl groups excluding tert-OH is 1. The molecule has 2 nitrogen and oxygen atoms in total. The van der Waals surface area contributed by atoms with Gasteiger partial charge in [0.1, 0.15) is 0 Å². The normalized spacial score (nSPS) is 31.4. The molecule has 1 aliphatic heterocycles. The SMILES string of the molecule is CC1CCc2ccccc2N1CC1CCCC1O. The summed E-state index contributed by atoms with van der Waals surface area (Å²) in [6.07, 6.45) is 5.73. The Hall–Kier alpha value is -1.02. The van der Waals surface area contributed by atoms with Crippen molar-refractivity contribution >= 4 is 5.69 Å². The van der Waals surface area contributed by atoms with Gasteiger partial charge in [0.15, 0.2) is 0 Å². The minimum absolute atomic E-state index is 0.0775. The molecule has 98 valence electrons. The second kappa shape index (κ2) is 4.93. The molecule has 0 spiro atoms. The lowest BCUT2D eigenvalue weighted by Crippen LogP contribution is -2.42. The second-order valence-corrected chi connectivity index (χ2v) is 5.93. The Morgan fingerprint density at radius 1 is 1.22 bits per heavy atom. The Balaban J connectivity index is 1.82. The number of hydrogen-bond donors (Lipinski definition) is 1. The van der Waals surface area contributed by atoms with Crippen molar-refractivity contribution in [3.8, 4) is 0 Å². The molecule has 0 radical (unpaired) electrons. The zero-order valence-electron chi connectivity index (χ0n) is 11.2. The Bertz CT molecular complexity index is 417. The maximum absolute atomic E-state index is 10.0. The van der Waals surface area contributed by atoms with Gasteiger partial charge in [-0.1, -0.05) is 24.6 Å². The van der Waals surface area contributed by atoms with Crippen molar-refractivity contribution < 1.29 is 5.11 Å². The summed E-state index contributed by atoms with van der Waals surface area (Å²) in [7, 11) is 0. The van der Waals surface area contributed by atoms with Crippen molar-refractivity contribution in [2.75, 3.05) is 11.4 Å². The zero-order chi connectivity index (χ0) is 12.5. The number of para-hydroxylation sites is 1. The van der Waals surface area contributed by atoms with E-state index in [0.717, 1.165) is 13.0 Å². The molecule has 1 N–H and O–H groups in total. The molecule has 18 heavy (non-hydrogen) atoms. The van der Waals surface area contributed by atoms with E-state index < -0.39 is 0 Å². The standard InChI is InChI=1S/C16H23NO/c1-12-9-10-13-5-2-3-7-15(13)17(12)11-14-6-4-8-16(14)18/h2-3,5,7,12,14,16,18H,4,6,8-11H2,1H3. The van der Waals surface area contributed by atoms with Crippen LogP contribution in [0, 0.1) is 5.92 Å². The monoisotopic (exact) mass is 245 g/mol. The molecule has 0 amide bonds. The highest BCUT2D eigenvalue weighted by molar-refractivity contribution is 5.56. The lowest BCUT2D eigenvalue weighted by atomic mass is 9.94. The quantitative estimate of drug-likeness (QED) is 0.866. The molecule has 1 aromatic carbocycles. The van der Waals surface area contributed by atoms with Crippen molar-refractivity contribution in [3.63, 3.8) is 0 Å². The first-order valence-electron chi connectivity index (χ1n) is 7.28. The van der Waals surface area contributed by atoms with Gasteiger partial charge in [-0.3, -0.25) is 0 Å². The van der Waals surface area contributed by atoms with Crippen LogP contribution in [0.4, 0.5) is 5.69 Å². The topological polar surface area (TPSA) is 23.5 Å². The lowest BCUT2D eigenvalue weighted by Gasteiger charge is -2.39. The molecule has 3 unspecified atom stereocenters. The average molecular weight is 245 g/mol. The summed E-state index contributed by atoms with van der Waals surface area (Å²) >= 11 is 0. The number of aryl methyl sites for hydroxylation is 1. The minimum atomic E-state index is -0.0775. The molecule has 2 aliphatic rings. The molecular formula is C16H23NO. The lowest BCUT2D eigenvalue weighted by molar-refractivity contribution is 0.134. The fraction of sp³-hybridized carbons (Fsp3) is 0.625. The van der Waals surface area contributed by atoms with Gasteiger partial charge in [0.05, 0.1) is 6.10 Å². The summed E-state index contributed by atoms with van der Waals surface area (Å²) < 4.78 is 0. The van der Waals surface area contributed by atoms with E-state index in [4.69, 9.17) is 0 Å². The molecule has 1 aromatic rings. The highest BCUT2D eigenvalue weighted by atomic mass is 16.3. The average Bonchev–Trinajstić information content (AvgIpc) is 2.79. The van der Waals surface area contributed by atoms with Crippen LogP contribution in [0.3, 0.4) is 0 Å². The van der Waals surface area contributed by atoms with Crippen LogP contribution in [0.1, 0.15) is 38.2 Å². The number of fused-ring (bicyclic) bond motifs is 1. The Morgan fingerprint density at radius 2 is 2.06 bits per heavy atom. The Morgan fingerprint density at radius 3 is 2.83 bits per heavy atom. The number of aliphatic hydroxyl groups is 1. The van der Waals surface area contributed by atoms with Crippen molar-refractivity contribution in [1.82, 2.24) is 0 Å². The predicted octanol–water partition coefficient (Wildman–Crippen LogP) is 2.99. The molecule has 1 heterocycles. The van der Waals surface area contributed by atoms with Gasteiger partial charge in [-0.15, -0.1) is 0 Å². The van der Waals surface area contributed by atoms with E-state index in [1.165, 1.54) is 36.9 Å². The van der Waals surface area contributed by atoms with Gasteiger partial charge < -0.3 is 10.0 Å². The fourth-order valence-electron chi connectivity index (χ4n) is 3.52. The van der Waals surface area contributed by atoms with Crippen LogP contribution in [-0.2, 0) is 6.42 Å². The van der Waals surface area contributed by atoms with E-state index in [2.05, 4.69) is 36.1 Å². The van der Waals surface area contributed by atoms with E-state index >= 15 is 0 Å². The molecule has 2 heteroatoms. The van der Waals surface area contributed by atoms with Crippen molar-refractivity contribution in [1.29, 1.82) is 0 Å². The third kappa shape index (κ3) is 2.14. The first-order chi connectivity index (χ1) is 8.75. The van der Waals surface area contributed by atoms with Gasteiger partial charge >= 0.3 is 0 Å². The van der Waals surface area contributed by atoms with Crippen LogP contribution in [-0.4, -0.2) is 23.8 Å². The van der Waals surface area contributed by atoms with Gasteiger partial charge in [0.2, 0.25) is 0 Å². The number of nitrogens with zero attached hydrogens (tertiary/aromatic N) is 1. The molecule has 1 fully saturated rings. The number of hydrogen-bond acceptors (Lipinski definition) is 2. The Kier molecular flexibility index (Phi) is 3.29. The van der Waals surface area contributed by atoms with Crippen molar-refractivity contribution in [2.24, 2.45) is 5.92 Å². The number of anilines is 1. The first-order valence-corrected chi connectivity index (χ1v) is 7.28. The maximum atomic E-state index is 10.0. The highest BCUT2D eigenvalue weighted by Gasteiger charge is 2.30. The van der Waals surface area contributed by atoms with Crippen LogP contribution in [0.25, 0.3) is 0 Å². The summed E-state index contributed by atoms with van der Waals surface area (Å²) in [5.41, 5.74) is 2.87. The van der Waals surface area contributed by atoms with Crippen LogP contribution in [0.5, 0.6) is 0 Å². The van der Waals surface area contributed by atoms with Crippen LogP contribution >= 0.6 is 0 Å². The molecule has 0 bridgehead atoms. The molecule has 0 saturated heterocycles. The molecule has 1 aliphatic carbocycles.